The van der Waals surface area contributed by atoms with Crippen LogP contribution in [0, 0.1) is 6.57 Å². The average Bonchev–Trinajstić information content (AvgIpc) is 2.15. The number of hydrogen-bond donors (Lipinski definition) is 0. The van der Waals surface area contributed by atoms with Crippen molar-refractivity contribution in [2.45, 2.75) is 0 Å². The van der Waals surface area contributed by atoms with E-state index in [4.69, 9.17) is 18.2 Å². The highest BCUT2D eigenvalue weighted by atomic mass is 35.5. The molecule has 0 aliphatic heterocycles. The van der Waals surface area contributed by atoms with Gasteiger partial charge in [0.15, 0.2) is 5.75 Å². The summed E-state index contributed by atoms with van der Waals surface area (Å²) in [5.41, 5.74) is 0.0567. The molecule has 0 atom stereocenters. The Morgan fingerprint density at radius 1 is 1.46 bits per heavy atom. The predicted octanol–water partition coefficient (Wildman–Crippen LogP) is 1.41. The van der Waals surface area contributed by atoms with E-state index in [0.717, 1.165) is 0 Å². The molecular weight excluding hydrogens is 198 g/mol. The van der Waals surface area contributed by atoms with Crippen LogP contribution in [0.25, 0.3) is 4.85 Å². The first-order valence-corrected chi connectivity index (χ1v) is 3.46. The molecule has 0 bridgehead atoms. The van der Waals surface area contributed by atoms with Crippen molar-refractivity contribution in [2.24, 2.45) is 0 Å². The molecule has 0 radical (unpaired) electrons. The van der Waals surface area contributed by atoms with Crippen LogP contribution < -0.4 is 10.1 Å². The van der Waals surface area contributed by atoms with Crippen molar-refractivity contribution in [3.05, 3.63) is 34.6 Å². The van der Waals surface area contributed by atoms with Crippen molar-refractivity contribution >= 4 is 17.3 Å². The Bertz CT molecular complexity index is 336. The minimum absolute atomic E-state index is 0.0263. The Hall–Kier alpha value is -1.32. The molecule has 68 valence electrons. The van der Waals surface area contributed by atoms with Crippen LogP contribution in [0.3, 0.4) is 0 Å². The first-order valence-electron chi connectivity index (χ1n) is 3.08. The monoisotopic (exact) mass is 200 g/mol. The van der Waals surface area contributed by atoms with Crippen LogP contribution in [0.5, 0.6) is 5.75 Å². The minimum atomic E-state index is 0.0263. The Balaban J connectivity index is 2.93. The standard InChI is InChI=1S/C7H4ClNO4/c1-9-7-5(8)3-2-4-6(7)11-13-12-10/h2-4,10H/p-1. The maximum Gasteiger partial charge on any atom is 0.250 e. The SMILES string of the molecule is [C-]#[N+]c1c(Cl)cccc1OOO[O-]. The summed E-state index contributed by atoms with van der Waals surface area (Å²) in [4.78, 5) is 7.40. The van der Waals surface area contributed by atoms with Gasteiger partial charge in [-0.05, 0) is 11.1 Å². The maximum atomic E-state index is 9.43. The van der Waals surface area contributed by atoms with Gasteiger partial charge in [0.25, 0.3) is 0 Å². The lowest BCUT2D eigenvalue weighted by Gasteiger charge is -2.06. The third-order valence-corrected chi connectivity index (χ3v) is 1.52. The molecule has 0 saturated heterocycles. The molecular formula is C7H3ClNO4-. The van der Waals surface area contributed by atoms with Crippen molar-refractivity contribution in [3.63, 3.8) is 0 Å². The quantitative estimate of drug-likeness (QED) is 0.421. The molecule has 1 rings (SSSR count). The smallest absolute Gasteiger partial charge is 0.250 e. The van der Waals surface area contributed by atoms with Crippen LogP contribution >= 0.6 is 11.6 Å². The van der Waals surface area contributed by atoms with Gasteiger partial charge in [-0.25, -0.2) is 4.85 Å². The second-order valence-electron chi connectivity index (χ2n) is 1.92. The van der Waals surface area contributed by atoms with Crippen LogP contribution in [0.1, 0.15) is 0 Å². The molecule has 13 heavy (non-hydrogen) atoms. The van der Waals surface area contributed by atoms with Gasteiger partial charge in [0, 0.05) is 0 Å². The van der Waals surface area contributed by atoms with E-state index in [1.807, 2.05) is 0 Å². The zero-order valence-electron chi connectivity index (χ0n) is 6.19. The molecule has 0 N–H and O–H groups in total. The molecule has 0 spiro atoms. The van der Waals surface area contributed by atoms with Crippen molar-refractivity contribution in [1.82, 2.24) is 0 Å². The van der Waals surface area contributed by atoms with E-state index in [2.05, 4.69) is 19.8 Å². The summed E-state index contributed by atoms with van der Waals surface area (Å²) in [7, 11) is 0. The summed E-state index contributed by atoms with van der Waals surface area (Å²) in [6.07, 6.45) is 0. The highest BCUT2D eigenvalue weighted by molar-refractivity contribution is 6.33. The fourth-order valence-corrected chi connectivity index (χ4v) is 0.930. The van der Waals surface area contributed by atoms with Gasteiger partial charge >= 0.3 is 0 Å². The average molecular weight is 201 g/mol. The predicted molar refractivity (Wildman–Crippen MR) is 40.5 cm³/mol. The second-order valence-corrected chi connectivity index (χ2v) is 2.32. The number of hydrogen-bond acceptors (Lipinski definition) is 4. The Labute approximate surface area is 78.6 Å². The summed E-state index contributed by atoms with van der Waals surface area (Å²) in [6.45, 7) is 6.75. The van der Waals surface area contributed by atoms with Gasteiger partial charge in [0.05, 0.1) is 11.6 Å². The van der Waals surface area contributed by atoms with Gasteiger partial charge in [-0.15, -0.1) is 0 Å². The number of halogens is 1. The van der Waals surface area contributed by atoms with Crippen molar-refractivity contribution in [2.75, 3.05) is 0 Å². The summed E-state index contributed by atoms with van der Waals surface area (Å²) >= 11 is 5.64. The van der Waals surface area contributed by atoms with E-state index in [1.54, 1.807) is 6.07 Å². The number of benzene rings is 1. The highest BCUT2D eigenvalue weighted by Gasteiger charge is 2.08. The van der Waals surface area contributed by atoms with Gasteiger partial charge in [0.2, 0.25) is 5.69 Å². The van der Waals surface area contributed by atoms with Gasteiger partial charge in [-0.3, -0.25) is 5.04 Å². The molecule has 0 aliphatic carbocycles. The fraction of sp³-hybridized carbons (Fsp3) is 0. The Kier molecular flexibility index (Phi) is 3.49. The molecule has 1 aromatic carbocycles. The maximum absolute atomic E-state index is 9.43. The molecule has 6 heteroatoms. The van der Waals surface area contributed by atoms with Gasteiger partial charge < -0.3 is 10.1 Å². The lowest BCUT2D eigenvalue weighted by Crippen LogP contribution is -2.08. The normalized spacial score (nSPS) is 9.31. The van der Waals surface area contributed by atoms with Crippen LogP contribution in [0.2, 0.25) is 5.02 Å². The molecule has 0 fully saturated rings. The zero-order valence-corrected chi connectivity index (χ0v) is 6.95. The van der Waals surface area contributed by atoms with Crippen LogP contribution in [-0.4, -0.2) is 0 Å². The third kappa shape index (κ3) is 2.31. The molecule has 5 nitrogen and oxygen atoms in total. The van der Waals surface area contributed by atoms with Crippen LogP contribution in [0.4, 0.5) is 5.69 Å². The molecule has 0 aromatic heterocycles. The van der Waals surface area contributed by atoms with E-state index < -0.39 is 0 Å². The molecule has 0 heterocycles. The van der Waals surface area contributed by atoms with E-state index >= 15 is 0 Å². The number of nitrogens with zero attached hydrogens (tertiary/aromatic N) is 1. The van der Waals surface area contributed by atoms with Crippen LogP contribution in [0.15, 0.2) is 18.2 Å². The topological polar surface area (TPSA) is 55.1 Å². The van der Waals surface area contributed by atoms with Gasteiger partial charge in [-0.1, -0.05) is 23.7 Å². The largest absolute Gasteiger partial charge is 0.689 e. The molecule has 1 aromatic rings. The van der Waals surface area contributed by atoms with E-state index in [1.165, 1.54) is 12.1 Å². The van der Waals surface area contributed by atoms with Crippen molar-refractivity contribution < 1.29 is 20.2 Å². The number of para-hydroxylation sites is 1. The lowest BCUT2D eigenvalue weighted by atomic mass is 10.3. The Morgan fingerprint density at radius 3 is 2.85 bits per heavy atom. The highest BCUT2D eigenvalue weighted by Crippen LogP contribution is 2.34. The zero-order chi connectivity index (χ0) is 9.68. The fourth-order valence-electron chi connectivity index (χ4n) is 0.722. The minimum Gasteiger partial charge on any atom is -0.689 e. The first-order chi connectivity index (χ1) is 6.29. The Morgan fingerprint density at radius 2 is 2.23 bits per heavy atom. The van der Waals surface area contributed by atoms with Crippen molar-refractivity contribution in [3.8, 4) is 5.75 Å². The van der Waals surface area contributed by atoms with Crippen LogP contribution in [-0.2, 0) is 10.1 Å². The van der Waals surface area contributed by atoms with E-state index in [9.17, 15) is 5.26 Å². The third-order valence-electron chi connectivity index (χ3n) is 1.21. The summed E-state index contributed by atoms with van der Waals surface area (Å²) in [5, 5.41) is 16.3. The summed E-state index contributed by atoms with van der Waals surface area (Å²) < 4.78 is 0. The summed E-state index contributed by atoms with van der Waals surface area (Å²) in [6, 6.07) is 4.47. The molecule has 0 aliphatic rings. The lowest BCUT2D eigenvalue weighted by molar-refractivity contribution is -0.838. The second kappa shape index (κ2) is 4.64. The van der Waals surface area contributed by atoms with Gasteiger partial charge in [-0.2, -0.15) is 0 Å². The van der Waals surface area contributed by atoms with Gasteiger partial charge in [0.1, 0.15) is 0 Å². The van der Waals surface area contributed by atoms with E-state index in [-0.39, 0.29) is 16.5 Å². The van der Waals surface area contributed by atoms with Crippen molar-refractivity contribution in [1.29, 1.82) is 0 Å². The molecule has 0 saturated carbocycles. The summed E-state index contributed by atoms with van der Waals surface area (Å²) in [5.74, 6) is 0.0263. The van der Waals surface area contributed by atoms with E-state index in [0.29, 0.717) is 0 Å². The number of rotatable bonds is 3. The molecule has 0 amide bonds. The molecule has 0 unspecified atom stereocenters. The first kappa shape index (κ1) is 9.77.